The molecule has 13 aromatic carbocycles. The van der Waals surface area contributed by atoms with Crippen LogP contribution in [0.15, 0.2) is 267 Å². The van der Waals surface area contributed by atoms with Crippen molar-refractivity contribution in [2.24, 2.45) is 0 Å². The highest BCUT2D eigenvalue weighted by atomic mass is 15.2. The van der Waals surface area contributed by atoms with E-state index in [1.165, 1.54) is 50.6 Å². The largest absolute Gasteiger partial charge is 0.310 e. The molecule has 3 heterocycles. The van der Waals surface area contributed by atoms with Crippen molar-refractivity contribution < 1.29 is 9.60 Å². The van der Waals surface area contributed by atoms with Crippen molar-refractivity contribution in [2.75, 3.05) is 9.80 Å². The lowest BCUT2D eigenvalue weighted by Crippen LogP contribution is -2.61. The van der Waals surface area contributed by atoms with Gasteiger partial charge in [0, 0.05) is 55.8 Å². The van der Waals surface area contributed by atoms with Crippen molar-refractivity contribution in [2.45, 2.75) is 209 Å². The van der Waals surface area contributed by atoms with Gasteiger partial charge in [0.2, 0.25) is 0 Å². The molecule has 16 rings (SSSR count). The van der Waals surface area contributed by atoms with Gasteiger partial charge < -0.3 is 14.4 Å². The summed E-state index contributed by atoms with van der Waals surface area (Å²) in [5.41, 5.74) is 29.9. The van der Waals surface area contributed by atoms with Crippen molar-refractivity contribution in [3.63, 3.8) is 0 Å². The van der Waals surface area contributed by atoms with Crippen molar-refractivity contribution in [1.29, 1.82) is 0 Å². The molecule has 0 amide bonds. The molecule has 0 atom stereocenters. The molecule has 4 heteroatoms. The van der Waals surface area contributed by atoms with Crippen LogP contribution < -0.4 is 26.2 Å². The van der Waals surface area contributed by atoms with Crippen molar-refractivity contribution in [3.8, 4) is 72.4 Å². The van der Waals surface area contributed by atoms with E-state index in [0.717, 1.165) is 117 Å². The maximum atomic E-state index is 10.3. The van der Waals surface area contributed by atoms with Crippen LogP contribution in [-0.4, -0.2) is 11.3 Å². The summed E-state index contributed by atoms with van der Waals surface area (Å²) in [5, 5.41) is 0.451. The molecule has 0 spiro atoms. The third kappa shape index (κ3) is 14.1. The molecular weight excluding hydrogens is 1370 g/mol. The molecular formula is C110H116BN3. The van der Waals surface area contributed by atoms with Crippen molar-refractivity contribution in [1.82, 2.24) is 4.57 Å². The average Bonchev–Trinajstić information content (AvgIpc) is 1.56. The Morgan fingerprint density at radius 2 is 0.570 bits per heavy atom. The monoisotopic (exact) mass is 1500 g/mol. The second kappa shape index (κ2) is 27.5. The van der Waals surface area contributed by atoms with Crippen LogP contribution in [0.25, 0.3) is 94.3 Å². The van der Waals surface area contributed by atoms with Crippen LogP contribution in [-0.2, 0) is 43.3 Å². The first-order valence-electron chi connectivity index (χ1n) is 44.6. The van der Waals surface area contributed by atoms with Gasteiger partial charge >= 0.3 is 0 Å². The number of benzene rings is 13. The Morgan fingerprint density at radius 1 is 0.246 bits per heavy atom. The van der Waals surface area contributed by atoms with Gasteiger partial charge in [0.1, 0.15) is 0 Å². The Labute approximate surface area is 692 Å². The molecule has 0 aliphatic carbocycles. The summed E-state index contributed by atoms with van der Waals surface area (Å²) in [4.78, 5) is 5.05. The van der Waals surface area contributed by atoms with E-state index in [-0.39, 0.29) is 95.3 Å². The molecule has 2 aliphatic heterocycles. The maximum absolute atomic E-state index is 10.3. The molecule has 3 nitrogen and oxygen atoms in total. The van der Waals surface area contributed by atoms with Crippen molar-refractivity contribution in [3.05, 3.63) is 311 Å². The number of anilines is 6. The first kappa shape index (κ1) is 68.9. The molecule has 0 N–H and O–H groups in total. The zero-order chi connectivity index (χ0) is 87.1. The van der Waals surface area contributed by atoms with Crippen LogP contribution >= 0.6 is 0 Å². The van der Waals surface area contributed by atoms with Crippen molar-refractivity contribution >= 4 is 79.0 Å². The Hall–Kier alpha value is -10.7. The maximum Gasteiger partial charge on any atom is 0.252 e. The quantitative estimate of drug-likeness (QED) is 0.133. The lowest BCUT2D eigenvalue weighted by molar-refractivity contribution is 0.568. The predicted molar refractivity (Wildman–Crippen MR) is 497 cm³/mol. The molecule has 0 saturated carbocycles. The van der Waals surface area contributed by atoms with Gasteiger partial charge in [0.15, 0.2) is 0 Å². The van der Waals surface area contributed by atoms with E-state index >= 15 is 0 Å². The van der Waals surface area contributed by atoms with E-state index in [4.69, 9.17) is 0 Å². The fraction of sp³-hybridized carbons (Fsp3) is 0.291. The van der Waals surface area contributed by atoms with E-state index in [1.54, 1.807) is 0 Å². The minimum atomic E-state index is -0.516. The van der Waals surface area contributed by atoms with E-state index in [2.05, 4.69) is 394 Å². The lowest BCUT2D eigenvalue weighted by Gasteiger charge is -2.46. The molecule has 2 aliphatic rings. The second-order valence-electron chi connectivity index (χ2n) is 40.7. The summed E-state index contributed by atoms with van der Waals surface area (Å²) in [5.74, 6) is 0. The molecule has 574 valence electrons. The summed E-state index contributed by atoms with van der Waals surface area (Å²) in [6.07, 6.45) is 0. The van der Waals surface area contributed by atoms with Crippen LogP contribution in [0.4, 0.5) is 34.1 Å². The summed E-state index contributed by atoms with van der Waals surface area (Å²) in [6.45, 7) is 54.3. The SMILES string of the molecule is [2H]c1cc2c3c([2H])c([2H])c([2H])c([2H])c3n(-c3cc4c5c(c3)N(c3c(-c6ccc(C(C)(C)C)cc6)cccc3-c3ccc(C(C)(C)C)cc3)c3cc(-c6cc(C(C)(C)C)cc(C(C)(C)C)c6)ccc3B5c3cc(-c5cc(C(C)(C)C)cc(C(C)(C)C)c5)ccc3N4c3c(-c4ccc(C(C)(C)C)cc4)cccc3-c3ccc(C(C)(C)C)cc3)c2c([2H])c1[2H]. The van der Waals surface area contributed by atoms with Gasteiger partial charge in [-0.1, -0.05) is 397 Å². The standard InChI is InChI=1S/C110H116BN3/c1-103(2,3)77-49-39-69(40-50-77)86-33-29-34-87(70-41-51-78(52-42-70)104(4,5)6)101(86)113-96-58-48-73(75-59-81(107(13,14)15)65-82(60-75)108(16,17)18)63-93(96)111-92-57-47-74(76-61-83(109(19,20)21)66-84(62-76)110(22,23)24)64-97(92)114(99-68-85(67-98(113)100(99)111)112-94-37-27-25-31-90(94)91-32-26-28-38-95(91)112)102-88(71-43-53-79(54-44-71)105(7,8)9)35-30-36-89(102)72-45-55-80(56-46-72)106(10,11)12/h25-68H,1-24H3/i25D,26D,27D,28D,31D,37D,38D. The lowest BCUT2D eigenvalue weighted by atomic mass is 9.33. The summed E-state index contributed by atoms with van der Waals surface area (Å²) < 4.78 is 70.5. The Bertz CT molecular complexity index is 6310. The third-order valence-corrected chi connectivity index (χ3v) is 24.2. The molecule has 114 heavy (non-hydrogen) atoms. The Kier molecular flexibility index (Phi) is 16.6. The predicted octanol–water partition coefficient (Wildman–Crippen LogP) is 29.2. The van der Waals surface area contributed by atoms with Gasteiger partial charge in [0.05, 0.1) is 37.7 Å². The molecule has 0 saturated heterocycles. The Balaban J connectivity index is 1.17. The summed E-state index contributed by atoms with van der Waals surface area (Å²) >= 11 is 0. The normalized spacial score (nSPS) is 14.4. The number of nitrogens with zero attached hydrogens (tertiary/aromatic N) is 3. The number of para-hydroxylation sites is 4. The van der Waals surface area contributed by atoms with Gasteiger partial charge in [-0.25, -0.2) is 0 Å². The number of aromatic nitrogens is 1. The highest BCUT2D eigenvalue weighted by molar-refractivity contribution is 7.00. The zero-order valence-corrected chi connectivity index (χ0v) is 71.8. The summed E-state index contributed by atoms with van der Waals surface area (Å²) in [6, 6.07) is 82.4. The van der Waals surface area contributed by atoms with Gasteiger partial charge in [-0.3, -0.25) is 0 Å². The first-order chi connectivity index (χ1) is 56.5. The van der Waals surface area contributed by atoms with E-state index in [0.29, 0.717) is 5.69 Å². The molecule has 14 aromatic rings. The molecule has 1 aromatic heterocycles. The number of hydrogen-bond donors (Lipinski definition) is 0. The van der Waals surface area contributed by atoms with E-state index in [1.807, 2.05) is 4.57 Å². The smallest absolute Gasteiger partial charge is 0.252 e. The highest BCUT2D eigenvalue weighted by Crippen LogP contribution is 2.55. The highest BCUT2D eigenvalue weighted by Gasteiger charge is 2.46. The van der Waals surface area contributed by atoms with Crippen LogP contribution in [0.1, 0.15) is 220 Å². The first-order valence-corrected chi connectivity index (χ1v) is 41.1. The average molecular weight is 1500 g/mol. The van der Waals surface area contributed by atoms with E-state index < -0.39 is 18.8 Å². The van der Waals surface area contributed by atoms with Crippen LogP contribution in [0.3, 0.4) is 0 Å². The number of rotatable bonds is 9. The molecule has 0 bridgehead atoms. The zero-order valence-electron chi connectivity index (χ0n) is 78.8. The second-order valence-corrected chi connectivity index (χ2v) is 40.7. The summed E-state index contributed by atoms with van der Waals surface area (Å²) in [7, 11) is 0. The van der Waals surface area contributed by atoms with E-state index in [9.17, 15) is 9.60 Å². The molecule has 0 radical (unpaired) electrons. The van der Waals surface area contributed by atoms with Gasteiger partial charge in [-0.15, -0.1) is 0 Å². The third-order valence-electron chi connectivity index (χ3n) is 24.2. The van der Waals surface area contributed by atoms with Gasteiger partial charge in [-0.2, -0.15) is 0 Å². The molecule has 0 unspecified atom stereocenters. The number of hydrogen-bond acceptors (Lipinski definition) is 2. The fourth-order valence-corrected chi connectivity index (χ4v) is 17.1. The minimum absolute atomic E-state index is 0.138. The van der Waals surface area contributed by atoms with Gasteiger partial charge in [0.25, 0.3) is 6.71 Å². The fourth-order valence-electron chi connectivity index (χ4n) is 17.1. The van der Waals surface area contributed by atoms with Gasteiger partial charge in [-0.05, 0) is 185 Å². The van der Waals surface area contributed by atoms with Crippen LogP contribution in [0.2, 0.25) is 0 Å². The van der Waals surface area contributed by atoms with Crippen LogP contribution in [0.5, 0.6) is 0 Å². The minimum Gasteiger partial charge on any atom is -0.310 e. The molecule has 0 fully saturated rings. The number of fused-ring (bicyclic) bond motifs is 7. The topological polar surface area (TPSA) is 11.4 Å². The Morgan fingerprint density at radius 3 is 0.947 bits per heavy atom. The van der Waals surface area contributed by atoms with Crippen LogP contribution in [0, 0.1) is 0 Å².